The number of aryl methyl sites for hydroxylation is 1. The van der Waals surface area contributed by atoms with Crippen LogP contribution >= 0.6 is 0 Å². The maximum Gasteiger partial charge on any atom is 0.318 e. The highest BCUT2D eigenvalue weighted by molar-refractivity contribution is 5.75. The summed E-state index contributed by atoms with van der Waals surface area (Å²) < 4.78 is 0. The van der Waals surface area contributed by atoms with Gasteiger partial charge in [-0.25, -0.2) is 4.79 Å². The van der Waals surface area contributed by atoms with E-state index in [0.717, 1.165) is 26.1 Å². The number of urea groups is 1. The van der Waals surface area contributed by atoms with Gasteiger partial charge in [-0.05, 0) is 31.5 Å². The smallest absolute Gasteiger partial charge is 0.318 e. The van der Waals surface area contributed by atoms with Gasteiger partial charge in [-0.15, -0.1) is 0 Å². The number of carbonyl (C=O) groups is 1. The summed E-state index contributed by atoms with van der Waals surface area (Å²) in [4.78, 5) is 17.0. The molecule has 3 rings (SSSR count). The van der Waals surface area contributed by atoms with Crippen LogP contribution in [-0.2, 0) is 6.42 Å². The first kappa shape index (κ1) is 17.5. The van der Waals surface area contributed by atoms with Crippen molar-refractivity contribution in [2.75, 3.05) is 33.2 Å². The summed E-state index contributed by atoms with van der Waals surface area (Å²) in [6, 6.07) is 18.9. The predicted octanol–water partition coefficient (Wildman–Crippen LogP) is 3.24. The van der Waals surface area contributed by atoms with E-state index >= 15 is 0 Å². The van der Waals surface area contributed by atoms with Gasteiger partial charge in [0.05, 0.1) is 6.04 Å². The molecule has 1 aliphatic rings. The van der Waals surface area contributed by atoms with Crippen LogP contribution in [0.3, 0.4) is 0 Å². The first-order chi connectivity index (χ1) is 12.1. The Kier molecular flexibility index (Phi) is 5.71. The number of rotatable bonds is 4. The fraction of sp³-hybridized carbons (Fsp3) is 0.381. The standard InChI is InChI=1S/C21H27N3O/c1-17-7-6-8-18(15-17)11-12-22-21(25)24-14-13-23(2)16-20(24)19-9-4-3-5-10-19/h3-10,15,20H,11-14,16H2,1-2H3,(H,22,25). The average Bonchev–Trinajstić information content (AvgIpc) is 2.62. The molecule has 1 N–H and O–H groups in total. The number of hydrogen-bond donors (Lipinski definition) is 1. The van der Waals surface area contributed by atoms with Crippen LogP contribution in [0.4, 0.5) is 4.79 Å². The monoisotopic (exact) mass is 337 g/mol. The first-order valence-electron chi connectivity index (χ1n) is 8.97. The van der Waals surface area contributed by atoms with Crippen molar-refractivity contribution < 1.29 is 4.79 Å². The number of nitrogens with one attached hydrogen (secondary N) is 1. The molecule has 25 heavy (non-hydrogen) atoms. The van der Waals surface area contributed by atoms with E-state index < -0.39 is 0 Å². The minimum atomic E-state index is 0.0367. The minimum absolute atomic E-state index is 0.0367. The Balaban J connectivity index is 1.61. The molecular formula is C21H27N3O. The maximum atomic E-state index is 12.7. The van der Waals surface area contributed by atoms with Gasteiger partial charge >= 0.3 is 6.03 Å². The van der Waals surface area contributed by atoms with Crippen LogP contribution in [0.5, 0.6) is 0 Å². The van der Waals surface area contributed by atoms with E-state index in [1.165, 1.54) is 16.7 Å². The minimum Gasteiger partial charge on any atom is -0.338 e. The van der Waals surface area contributed by atoms with Crippen LogP contribution in [0.1, 0.15) is 22.7 Å². The van der Waals surface area contributed by atoms with Crippen LogP contribution in [0.2, 0.25) is 0 Å². The van der Waals surface area contributed by atoms with E-state index in [2.05, 4.69) is 60.6 Å². The maximum absolute atomic E-state index is 12.7. The van der Waals surface area contributed by atoms with Gasteiger partial charge in [0.25, 0.3) is 0 Å². The molecule has 2 aromatic rings. The van der Waals surface area contributed by atoms with Gasteiger partial charge in [0.2, 0.25) is 0 Å². The van der Waals surface area contributed by atoms with Crippen LogP contribution in [0.25, 0.3) is 0 Å². The zero-order valence-electron chi connectivity index (χ0n) is 15.1. The second-order valence-corrected chi connectivity index (χ2v) is 6.85. The lowest BCUT2D eigenvalue weighted by atomic mass is 10.0. The Morgan fingerprint density at radius 1 is 1.12 bits per heavy atom. The Morgan fingerprint density at radius 2 is 1.92 bits per heavy atom. The number of nitrogens with zero attached hydrogens (tertiary/aromatic N) is 2. The normalized spacial score (nSPS) is 18.2. The highest BCUT2D eigenvalue weighted by atomic mass is 16.2. The third-order valence-electron chi connectivity index (χ3n) is 4.80. The van der Waals surface area contributed by atoms with Crippen LogP contribution < -0.4 is 5.32 Å². The summed E-state index contributed by atoms with van der Waals surface area (Å²) in [5.74, 6) is 0. The first-order valence-corrected chi connectivity index (χ1v) is 8.97. The molecule has 1 saturated heterocycles. The van der Waals surface area contributed by atoms with Gasteiger partial charge in [-0.1, -0.05) is 60.2 Å². The van der Waals surface area contributed by atoms with Gasteiger partial charge in [0, 0.05) is 26.2 Å². The molecule has 1 unspecified atom stereocenters. The highest BCUT2D eigenvalue weighted by Crippen LogP contribution is 2.24. The van der Waals surface area contributed by atoms with Crippen molar-refractivity contribution in [2.45, 2.75) is 19.4 Å². The summed E-state index contributed by atoms with van der Waals surface area (Å²) in [7, 11) is 2.11. The van der Waals surface area contributed by atoms with E-state index in [9.17, 15) is 4.79 Å². The second kappa shape index (κ2) is 8.17. The summed E-state index contributed by atoms with van der Waals surface area (Å²) in [6.07, 6.45) is 0.858. The van der Waals surface area contributed by atoms with Crippen molar-refractivity contribution in [3.8, 4) is 0 Å². The van der Waals surface area contributed by atoms with E-state index in [1.54, 1.807) is 0 Å². The molecule has 1 atom stereocenters. The van der Waals surface area contributed by atoms with Crippen molar-refractivity contribution >= 4 is 6.03 Å². The Hall–Kier alpha value is -2.33. The Labute approximate surface area is 150 Å². The fourth-order valence-electron chi connectivity index (χ4n) is 3.41. The number of carbonyl (C=O) groups excluding carboxylic acids is 1. The molecule has 1 aliphatic heterocycles. The highest BCUT2D eigenvalue weighted by Gasteiger charge is 2.29. The topological polar surface area (TPSA) is 35.6 Å². The molecular weight excluding hydrogens is 310 g/mol. The van der Waals surface area contributed by atoms with Gasteiger partial charge in [-0.2, -0.15) is 0 Å². The second-order valence-electron chi connectivity index (χ2n) is 6.85. The van der Waals surface area contributed by atoms with Crippen molar-refractivity contribution in [1.29, 1.82) is 0 Å². The van der Waals surface area contributed by atoms with Crippen molar-refractivity contribution in [3.05, 3.63) is 71.3 Å². The zero-order valence-corrected chi connectivity index (χ0v) is 15.1. The molecule has 4 nitrogen and oxygen atoms in total. The Bertz CT molecular complexity index is 701. The van der Waals surface area contributed by atoms with Gasteiger partial charge in [-0.3, -0.25) is 0 Å². The van der Waals surface area contributed by atoms with Crippen LogP contribution in [-0.4, -0.2) is 49.1 Å². The summed E-state index contributed by atoms with van der Waals surface area (Å²) in [6.45, 7) is 5.29. The number of benzene rings is 2. The molecule has 1 fully saturated rings. The van der Waals surface area contributed by atoms with Crippen LogP contribution in [0, 0.1) is 6.92 Å². The van der Waals surface area contributed by atoms with Crippen molar-refractivity contribution in [1.82, 2.24) is 15.1 Å². The van der Waals surface area contributed by atoms with E-state index in [-0.39, 0.29) is 12.1 Å². The lowest BCUT2D eigenvalue weighted by Gasteiger charge is -2.40. The van der Waals surface area contributed by atoms with E-state index in [0.29, 0.717) is 6.54 Å². The van der Waals surface area contributed by atoms with Crippen molar-refractivity contribution in [2.24, 2.45) is 0 Å². The third kappa shape index (κ3) is 4.60. The molecule has 2 aromatic carbocycles. The molecule has 0 spiro atoms. The molecule has 132 valence electrons. The average molecular weight is 337 g/mol. The fourth-order valence-corrected chi connectivity index (χ4v) is 3.41. The molecule has 0 bridgehead atoms. The summed E-state index contributed by atoms with van der Waals surface area (Å²) >= 11 is 0. The molecule has 4 heteroatoms. The van der Waals surface area contributed by atoms with E-state index in [1.807, 2.05) is 23.1 Å². The third-order valence-corrected chi connectivity index (χ3v) is 4.80. The van der Waals surface area contributed by atoms with Gasteiger partial charge < -0.3 is 15.1 Å². The zero-order chi connectivity index (χ0) is 17.6. The number of piperazine rings is 1. The van der Waals surface area contributed by atoms with E-state index in [4.69, 9.17) is 0 Å². The summed E-state index contributed by atoms with van der Waals surface area (Å²) in [5.41, 5.74) is 3.72. The number of amides is 2. The predicted molar refractivity (Wildman–Crippen MR) is 102 cm³/mol. The molecule has 0 radical (unpaired) electrons. The quantitative estimate of drug-likeness (QED) is 0.930. The lowest BCUT2D eigenvalue weighted by Crippen LogP contribution is -2.52. The number of hydrogen-bond acceptors (Lipinski definition) is 2. The number of likely N-dealkylation sites (N-methyl/N-ethyl adjacent to an activating group) is 1. The molecule has 2 amide bonds. The lowest BCUT2D eigenvalue weighted by molar-refractivity contribution is 0.109. The van der Waals surface area contributed by atoms with Gasteiger partial charge in [0.15, 0.2) is 0 Å². The van der Waals surface area contributed by atoms with Crippen LogP contribution in [0.15, 0.2) is 54.6 Å². The molecule has 0 aromatic heterocycles. The summed E-state index contributed by atoms with van der Waals surface area (Å²) in [5, 5.41) is 3.10. The SMILES string of the molecule is Cc1cccc(CCNC(=O)N2CCN(C)CC2c2ccccc2)c1. The van der Waals surface area contributed by atoms with Crippen molar-refractivity contribution in [3.63, 3.8) is 0 Å². The Morgan fingerprint density at radius 3 is 2.68 bits per heavy atom. The molecule has 0 saturated carbocycles. The molecule has 0 aliphatic carbocycles. The van der Waals surface area contributed by atoms with Gasteiger partial charge in [0.1, 0.15) is 0 Å². The molecule has 1 heterocycles. The largest absolute Gasteiger partial charge is 0.338 e.